The number of thioether (sulfide) groups is 2. The number of ether oxygens (including phenoxy) is 4. The Hall–Kier alpha value is -4.00. The van der Waals surface area contributed by atoms with Crippen LogP contribution in [-0.2, 0) is 11.0 Å². The highest BCUT2D eigenvalue weighted by Crippen LogP contribution is 2.67. The van der Waals surface area contributed by atoms with Gasteiger partial charge in [0, 0.05) is 42.5 Å². The topological polar surface area (TPSA) is 36.9 Å². The standard InChI is InChI=1S/C51H56O4S2/c1-48(2)29-49(3,4)31-50(30-48)42-26-37(57-36-12-10-9-11-13-36)22-23-38(42)45-40-27-43(54-7)44(56-8)28-41(40)47-39(46(45)50)24-25-51(55-47,32-14-18-34(52-5)19-15-32)33-16-20-35(53-6)21-17-33/h14-28,36H,9-13,29-31H2,1-8H3. The van der Waals surface area contributed by atoms with Gasteiger partial charge in [-0.15, -0.1) is 23.5 Å². The molecule has 0 atom stereocenters. The molecule has 0 bridgehead atoms. The summed E-state index contributed by atoms with van der Waals surface area (Å²) >= 11 is 3.84. The van der Waals surface area contributed by atoms with E-state index in [-0.39, 0.29) is 16.2 Å². The molecule has 296 valence electrons. The Morgan fingerprint density at radius 2 is 1.32 bits per heavy atom. The summed E-state index contributed by atoms with van der Waals surface area (Å²) < 4.78 is 25.2. The van der Waals surface area contributed by atoms with Gasteiger partial charge in [-0.25, -0.2) is 0 Å². The molecule has 1 heterocycles. The van der Waals surface area contributed by atoms with Gasteiger partial charge in [0.05, 0.1) is 21.3 Å². The number of hydrogen-bond acceptors (Lipinski definition) is 6. The maximum absolute atomic E-state index is 7.79. The highest BCUT2D eigenvalue weighted by molar-refractivity contribution is 8.00. The molecule has 0 aromatic heterocycles. The molecular formula is C51H56O4S2. The summed E-state index contributed by atoms with van der Waals surface area (Å²) in [4.78, 5) is 2.51. The van der Waals surface area contributed by atoms with Crippen LogP contribution in [-0.4, -0.2) is 32.8 Å². The normalized spacial score (nSPS) is 19.7. The average Bonchev–Trinajstić information content (AvgIpc) is 3.46. The number of rotatable bonds is 8. The van der Waals surface area contributed by atoms with E-state index < -0.39 is 5.60 Å². The van der Waals surface area contributed by atoms with Gasteiger partial charge in [0.25, 0.3) is 0 Å². The zero-order valence-corrected chi connectivity index (χ0v) is 36.5. The zero-order valence-electron chi connectivity index (χ0n) is 34.8. The summed E-state index contributed by atoms with van der Waals surface area (Å²) in [5.74, 6) is 3.46. The largest absolute Gasteiger partial charge is 0.497 e. The molecule has 1 aliphatic heterocycles. The van der Waals surface area contributed by atoms with Crippen molar-refractivity contribution >= 4 is 40.4 Å². The van der Waals surface area contributed by atoms with Gasteiger partial charge < -0.3 is 18.9 Å². The van der Waals surface area contributed by atoms with E-state index in [2.05, 4.69) is 112 Å². The molecule has 0 N–H and O–H groups in total. The van der Waals surface area contributed by atoms with Crippen molar-refractivity contribution in [3.63, 3.8) is 0 Å². The quantitative estimate of drug-likeness (QED) is 0.146. The molecule has 4 aliphatic rings. The number of methoxy groups -OCH3 is 3. The summed E-state index contributed by atoms with van der Waals surface area (Å²) in [5.41, 5.74) is 8.07. The molecule has 6 heteroatoms. The van der Waals surface area contributed by atoms with Crippen molar-refractivity contribution in [2.24, 2.45) is 10.8 Å². The molecule has 0 saturated heterocycles. The van der Waals surface area contributed by atoms with E-state index in [4.69, 9.17) is 18.9 Å². The van der Waals surface area contributed by atoms with Crippen LogP contribution >= 0.6 is 23.5 Å². The lowest BCUT2D eigenvalue weighted by molar-refractivity contribution is 0.0641. The average molecular weight is 797 g/mol. The molecule has 3 aliphatic carbocycles. The smallest absolute Gasteiger partial charge is 0.178 e. The highest BCUT2D eigenvalue weighted by atomic mass is 32.2. The molecular weight excluding hydrogens is 741 g/mol. The van der Waals surface area contributed by atoms with E-state index in [9.17, 15) is 0 Å². The molecule has 2 saturated carbocycles. The van der Waals surface area contributed by atoms with Crippen LogP contribution in [0.2, 0.25) is 0 Å². The predicted octanol–water partition coefficient (Wildman–Crippen LogP) is 13.9. The first-order valence-corrected chi connectivity index (χ1v) is 22.8. The maximum Gasteiger partial charge on any atom is 0.178 e. The first-order valence-electron chi connectivity index (χ1n) is 20.7. The lowest BCUT2D eigenvalue weighted by Crippen LogP contribution is -2.44. The molecule has 0 unspecified atom stereocenters. The lowest BCUT2D eigenvalue weighted by Gasteiger charge is -2.52. The van der Waals surface area contributed by atoms with Crippen molar-refractivity contribution in [2.45, 2.75) is 105 Å². The van der Waals surface area contributed by atoms with Crippen molar-refractivity contribution in [1.29, 1.82) is 0 Å². The van der Waals surface area contributed by atoms with Crippen molar-refractivity contribution < 1.29 is 18.9 Å². The van der Waals surface area contributed by atoms with Crippen molar-refractivity contribution in [3.05, 3.63) is 113 Å². The molecule has 1 spiro atoms. The highest BCUT2D eigenvalue weighted by Gasteiger charge is 2.56. The Morgan fingerprint density at radius 1 is 0.684 bits per heavy atom. The summed E-state index contributed by atoms with van der Waals surface area (Å²) in [6.45, 7) is 10.00. The number of fused-ring (bicyclic) bond motifs is 10. The molecule has 57 heavy (non-hydrogen) atoms. The molecule has 0 radical (unpaired) electrons. The lowest BCUT2D eigenvalue weighted by atomic mass is 9.52. The van der Waals surface area contributed by atoms with E-state index in [1.807, 2.05) is 24.3 Å². The molecule has 9 rings (SSSR count). The van der Waals surface area contributed by atoms with Crippen LogP contribution in [0.5, 0.6) is 23.0 Å². The van der Waals surface area contributed by atoms with Crippen LogP contribution < -0.4 is 18.9 Å². The van der Waals surface area contributed by atoms with Crippen molar-refractivity contribution in [2.75, 3.05) is 27.6 Å². The fourth-order valence-corrected chi connectivity index (χ4v) is 13.5. The minimum Gasteiger partial charge on any atom is -0.497 e. The van der Waals surface area contributed by atoms with Gasteiger partial charge in [-0.05, 0) is 131 Å². The van der Waals surface area contributed by atoms with E-state index in [1.165, 1.54) is 76.6 Å². The Morgan fingerprint density at radius 3 is 1.89 bits per heavy atom. The fraction of sp³-hybridized carbons (Fsp3) is 0.412. The summed E-state index contributed by atoms with van der Waals surface area (Å²) in [7, 11) is 5.23. The van der Waals surface area contributed by atoms with Gasteiger partial charge in [0.2, 0.25) is 0 Å². The van der Waals surface area contributed by atoms with Crippen molar-refractivity contribution in [3.8, 4) is 34.1 Å². The van der Waals surface area contributed by atoms with E-state index >= 15 is 0 Å². The molecule has 2 fully saturated rings. The monoisotopic (exact) mass is 796 g/mol. The minimum absolute atomic E-state index is 0.130. The molecule has 4 nitrogen and oxygen atoms in total. The minimum atomic E-state index is -0.903. The second-order valence-electron chi connectivity index (χ2n) is 18.4. The number of hydrogen-bond donors (Lipinski definition) is 0. The van der Waals surface area contributed by atoms with Gasteiger partial charge in [-0.1, -0.05) is 83.4 Å². The summed E-state index contributed by atoms with van der Waals surface area (Å²) in [6, 6.07) is 28.8. The van der Waals surface area contributed by atoms with Crippen molar-refractivity contribution in [1.82, 2.24) is 0 Å². The van der Waals surface area contributed by atoms with Crippen LogP contribution in [0.4, 0.5) is 0 Å². The second-order valence-corrected chi connectivity index (χ2v) is 20.6. The third-order valence-electron chi connectivity index (χ3n) is 13.2. The van der Waals surface area contributed by atoms with Gasteiger partial charge >= 0.3 is 0 Å². The second kappa shape index (κ2) is 14.4. The molecule has 5 aromatic carbocycles. The Kier molecular flexibility index (Phi) is 9.71. The van der Waals surface area contributed by atoms with Gasteiger partial charge in [0.15, 0.2) is 5.60 Å². The maximum atomic E-state index is 7.79. The Bertz CT molecular complexity index is 2300. The summed E-state index contributed by atoms with van der Waals surface area (Å²) in [6.07, 6.45) is 16.9. The third-order valence-corrected chi connectivity index (χ3v) is 15.3. The SMILES string of the molecule is COc1ccc(C2(c3ccc(OC)cc3)C=Cc3c4c(c5cc(OC)c(SC)cc5c3O2)-c2ccc(SC3CCCCC3)cc2C42CC(C)(C)CC(C)(C)C2)cc1. The van der Waals surface area contributed by atoms with E-state index in [0.717, 1.165) is 57.2 Å². The van der Waals surface area contributed by atoms with Crippen LogP contribution in [0.3, 0.4) is 0 Å². The van der Waals surface area contributed by atoms with Crippen LogP contribution in [0.1, 0.15) is 107 Å². The van der Waals surface area contributed by atoms with E-state index in [1.54, 1.807) is 33.1 Å². The van der Waals surface area contributed by atoms with Gasteiger partial charge in [0.1, 0.15) is 23.0 Å². The Labute approximate surface area is 348 Å². The summed E-state index contributed by atoms with van der Waals surface area (Å²) in [5, 5.41) is 3.00. The predicted molar refractivity (Wildman–Crippen MR) is 239 cm³/mol. The zero-order chi connectivity index (χ0) is 39.7. The van der Waals surface area contributed by atoms with Gasteiger partial charge in [-0.2, -0.15) is 0 Å². The first-order chi connectivity index (χ1) is 27.4. The third kappa shape index (κ3) is 6.45. The van der Waals surface area contributed by atoms with Gasteiger partial charge in [-0.3, -0.25) is 0 Å². The van der Waals surface area contributed by atoms with Crippen LogP contribution in [0, 0.1) is 10.8 Å². The first kappa shape index (κ1) is 38.5. The van der Waals surface area contributed by atoms with Crippen LogP contribution in [0.25, 0.3) is 28.0 Å². The van der Waals surface area contributed by atoms with Crippen LogP contribution in [0.15, 0.2) is 94.7 Å². The number of benzene rings is 5. The fourth-order valence-electron chi connectivity index (χ4n) is 11.6. The molecule has 0 amide bonds. The Balaban J connectivity index is 1.35. The van der Waals surface area contributed by atoms with E-state index in [0.29, 0.717) is 5.25 Å². The molecule has 5 aromatic rings.